The van der Waals surface area contributed by atoms with Gasteiger partial charge in [-0.05, 0) is 31.7 Å². The average molecular weight is 561 g/mol. The molecule has 1 fully saturated rings. The largest absolute Gasteiger partial charge is 0.401 e. The van der Waals surface area contributed by atoms with Gasteiger partial charge < -0.3 is 15.4 Å². The van der Waals surface area contributed by atoms with Crippen molar-refractivity contribution in [3.05, 3.63) is 35.6 Å². The minimum absolute atomic E-state index is 0. The summed E-state index contributed by atoms with van der Waals surface area (Å²) in [4.78, 5) is 8.10. The molecule has 31 heavy (non-hydrogen) atoms. The van der Waals surface area contributed by atoms with Gasteiger partial charge in [-0.15, -0.1) is 24.0 Å². The number of ether oxygens (including phenoxy) is 1. The van der Waals surface area contributed by atoms with Crippen molar-refractivity contribution in [3.8, 4) is 0 Å². The molecule has 0 aromatic heterocycles. The molecule has 2 rings (SSSR count). The maximum atomic E-state index is 13.4. The Morgan fingerprint density at radius 2 is 1.84 bits per heavy atom. The number of nitrogens with zero attached hydrogens (tertiary/aromatic N) is 3. The molecule has 0 aliphatic carbocycles. The Labute approximate surface area is 198 Å². The monoisotopic (exact) mass is 561 g/mol. The van der Waals surface area contributed by atoms with Crippen LogP contribution in [-0.2, 0) is 4.74 Å². The lowest BCUT2D eigenvalue weighted by Gasteiger charge is -2.34. The van der Waals surface area contributed by atoms with Crippen LogP contribution in [0.2, 0.25) is 0 Å². The second kappa shape index (κ2) is 14.1. The highest BCUT2D eigenvalue weighted by Crippen LogP contribution is 2.22. The van der Waals surface area contributed by atoms with Gasteiger partial charge in [0.15, 0.2) is 5.96 Å². The first kappa shape index (κ1) is 27.9. The number of hydrogen-bond acceptors (Lipinski definition) is 4. The van der Waals surface area contributed by atoms with Crippen LogP contribution in [0.1, 0.15) is 18.5 Å². The summed E-state index contributed by atoms with van der Waals surface area (Å²) in [5.41, 5.74) is 0.961. The van der Waals surface area contributed by atoms with Crippen LogP contribution < -0.4 is 10.6 Å². The van der Waals surface area contributed by atoms with Crippen molar-refractivity contribution in [2.45, 2.75) is 19.1 Å². The number of benzene rings is 1. The highest BCUT2D eigenvalue weighted by atomic mass is 127. The Morgan fingerprint density at radius 1 is 1.19 bits per heavy atom. The molecule has 11 heteroatoms. The van der Waals surface area contributed by atoms with Crippen LogP contribution in [0.15, 0.2) is 29.3 Å². The highest BCUT2D eigenvalue weighted by molar-refractivity contribution is 14.0. The normalized spacial score (nSPS) is 16.7. The molecule has 2 N–H and O–H groups in total. The molecule has 0 spiro atoms. The predicted molar refractivity (Wildman–Crippen MR) is 124 cm³/mol. The van der Waals surface area contributed by atoms with Gasteiger partial charge in [-0.3, -0.25) is 14.8 Å². The van der Waals surface area contributed by atoms with Gasteiger partial charge in [0.25, 0.3) is 0 Å². The van der Waals surface area contributed by atoms with Crippen LogP contribution in [0.3, 0.4) is 0 Å². The quantitative estimate of drug-likeness (QED) is 0.210. The van der Waals surface area contributed by atoms with Crippen molar-refractivity contribution < 1.29 is 22.3 Å². The molecular formula is C20H32F4IN5O. The number of aliphatic imine (C=N–C) groups is 1. The molecule has 1 unspecified atom stereocenters. The number of alkyl halides is 3. The molecule has 1 aliphatic heterocycles. The smallest absolute Gasteiger partial charge is 0.379 e. The van der Waals surface area contributed by atoms with E-state index in [4.69, 9.17) is 4.74 Å². The second-order valence-electron chi connectivity index (χ2n) is 7.22. The number of hydrogen-bond donors (Lipinski definition) is 2. The SMILES string of the molecule is CCNC(=NCC(c1ccc(F)cc1)N1CCOCC1)NCCN(C)CC(F)(F)F.I. The van der Waals surface area contributed by atoms with E-state index in [1.807, 2.05) is 6.92 Å². The highest BCUT2D eigenvalue weighted by Gasteiger charge is 2.29. The molecule has 1 aromatic carbocycles. The Kier molecular flexibility index (Phi) is 12.6. The second-order valence-corrected chi connectivity index (χ2v) is 7.22. The fraction of sp³-hybridized carbons (Fsp3) is 0.650. The molecule has 1 heterocycles. The number of morpholine rings is 1. The number of guanidine groups is 1. The fourth-order valence-corrected chi connectivity index (χ4v) is 3.28. The summed E-state index contributed by atoms with van der Waals surface area (Å²) in [7, 11) is 1.43. The molecule has 1 saturated heterocycles. The minimum atomic E-state index is -4.21. The van der Waals surface area contributed by atoms with Crippen LogP contribution in [0.4, 0.5) is 17.6 Å². The number of rotatable bonds is 9. The topological polar surface area (TPSA) is 52.1 Å². The van der Waals surface area contributed by atoms with Crippen molar-refractivity contribution in [1.82, 2.24) is 20.4 Å². The number of nitrogens with one attached hydrogen (secondary N) is 2. The molecule has 0 saturated carbocycles. The third-order valence-corrected chi connectivity index (χ3v) is 4.74. The third kappa shape index (κ3) is 10.8. The lowest BCUT2D eigenvalue weighted by Crippen LogP contribution is -2.43. The van der Waals surface area contributed by atoms with E-state index in [2.05, 4.69) is 20.5 Å². The molecule has 178 valence electrons. The summed E-state index contributed by atoms with van der Waals surface area (Å²) < 4.78 is 56.1. The van der Waals surface area contributed by atoms with Crippen molar-refractivity contribution in [2.24, 2.45) is 4.99 Å². The van der Waals surface area contributed by atoms with Gasteiger partial charge in [0.1, 0.15) is 5.82 Å². The summed E-state index contributed by atoms with van der Waals surface area (Å²) in [6, 6.07) is 6.35. The van der Waals surface area contributed by atoms with Crippen LogP contribution in [0, 0.1) is 5.82 Å². The standard InChI is InChI=1S/C20H31F4N5O.HI/c1-3-25-19(26-8-9-28(2)15-20(22,23)24)27-14-18(29-10-12-30-13-11-29)16-4-6-17(21)7-5-16;/h4-7,18H,3,8-15H2,1-2H3,(H2,25,26,27);1H. The van der Waals surface area contributed by atoms with Crippen molar-refractivity contribution in [1.29, 1.82) is 0 Å². The lowest BCUT2D eigenvalue weighted by molar-refractivity contribution is -0.142. The van der Waals surface area contributed by atoms with Crippen LogP contribution in [0.5, 0.6) is 0 Å². The minimum Gasteiger partial charge on any atom is -0.379 e. The first-order valence-corrected chi connectivity index (χ1v) is 10.1. The van der Waals surface area contributed by atoms with E-state index in [9.17, 15) is 17.6 Å². The van der Waals surface area contributed by atoms with E-state index in [1.165, 1.54) is 24.1 Å². The molecule has 0 radical (unpaired) electrons. The summed E-state index contributed by atoms with van der Waals surface area (Å²) >= 11 is 0. The average Bonchev–Trinajstić information content (AvgIpc) is 2.69. The molecule has 1 atom stereocenters. The lowest BCUT2D eigenvalue weighted by atomic mass is 10.0. The zero-order valence-electron chi connectivity index (χ0n) is 17.9. The van der Waals surface area contributed by atoms with Gasteiger partial charge in [0, 0.05) is 32.7 Å². The van der Waals surface area contributed by atoms with E-state index in [-0.39, 0.29) is 42.4 Å². The van der Waals surface area contributed by atoms with Crippen LogP contribution >= 0.6 is 24.0 Å². The van der Waals surface area contributed by atoms with Gasteiger partial charge in [0.2, 0.25) is 0 Å². The Balaban J connectivity index is 0.00000480. The predicted octanol–water partition coefficient (Wildman–Crippen LogP) is 2.87. The number of likely N-dealkylation sites (N-methyl/N-ethyl adjacent to an activating group) is 1. The van der Waals surface area contributed by atoms with Crippen molar-refractivity contribution in [3.63, 3.8) is 0 Å². The Morgan fingerprint density at radius 3 is 2.42 bits per heavy atom. The third-order valence-electron chi connectivity index (χ3n) is 4.74. The molecule has 1 aliphatic rings. The molecule has 6 nitrogen and oxygen atoms in total. The molecule has 0 bridgehead atoms. The number of halogens is 5. The van der Waals surface area contributed by atoms with Crippen molar-refractivity contribution in [2.75, 3.05) is 66.1 Å². The Hall–Kier alpha value is -1.18. The fourth-order valence-electron chi connectivity index (χ4n) is 3.28. The van der Waals surface area contributed by atoms with Gasteiger partial charge in [0.05, 0.1) is 32.3 Å². The Bertz CT molecular complexity index is 654. The van der Waals surface area contributed by atoms with E-state index in [1.54, 1.807) is 12.1 Å². The summed E-state index contributed by atoms with van der Waals surface area (Å²) in [5, 5.41) is 6.20. The maximum absolute atomic E-state index is 13.4. The van der Waals surface area contributed by atoms with Gasteiger partial charge in [-0.25, -0.2) is 4.39 Å². The van der Waals surface area contributed by atoms with Gasteiger partial charge >= 0.3 is 6.18 Å². The van der Waals surface area contributed by atoms with Gasteiger partial charge in [-0.2, -0.15) is 13.2 Å². The van der Waals surface area contributed by atoms with E-state index < -0.39 is 12.7 Å². The first-order chi connectivity index (χ1) is 14.3. The van der Waals surface area contributed by atoms with Crippen LogP contribution in [0.25, 0.3) is 0 Å². The zero-order chi connectivity index (χ0) is 22.0. The zero-order valence-corrected chi connectivity index (χ0v) is 20.3. The first-order valence-electron chi connectivity index (χ1n) is 10.1. The van der Waals surface area contributed by atoms with E-state index in [0.29, 0.717) is 38.8 Å². The molecule has 1 aromatic rings. The molecular weight excluding hydrogens is 529 g/mol. The van der Waals surface area contributed by atoms with Crippen molar-refractivity contribution >= 4 is 29.9 Å². The van der Waals surface area contributed by atoms with Crippen LogP contribution in [-0.4, -0.2) is 88.0 Å². The van der Waals surface area contributed by atoms with Gasteiger partial charge in [-0.1, -0.05) is 12.1 Å². The maximum Gasteiger partial charge on any atom is 0.401 e. The molecule has 0 amide bonds. The summed E-state index contributed by atoms with van der Waals surface area (Å²) in [5.74, 6) is 0.249. The van der Waals surface area contributed by atoms with E-state index in [0.717, 1.165) is 18.7 Å². The van der Waals surface area contributed by atoms with E-state index >= 15 is 0 Å². The summed E-state index contributed by atoms with van der Waals surface area (Å²) in [6.07, 6.45) is -4.21. The summed E-state index contributed by atoms with van der Waals surface area (Å²) in [6.45, 7) is 5.36.